The molecule has 0 aliphatic heterocycles. The fraction of sp³-hybridized carbons (Fsp3) is 0.222. The zero-order valence-electron chi connectivity index (χ0n) is 12.9. The summed E-state index contributed by atoms with van der Waals surface area (Å²) in [5.41, 5.74) is 0.836. The fourth-order valence-electron chi connectivity index (χ4n) is 1.84. The molecule has 0 aliphatic carbocycles. The van der Waals surface area contributed by atoms with E-state index in [1.165, 1.54) is 0 Å². The molecule has 0 saturated carbocycles. The van der Waals surface area contributed by atoms with Gasteiger partial charge in [0.05, 0.1) is 20.1 Å². The summed E-state index contributed by atoms with van der Waals surface area (Å²) in [6.07, 6.45) is -0.0281. The Balaban J connectivity index is 1.70. The lowest BCUT2D eigenvalue weighted by molar-refractivity contribution is -0.155. The third kappa shape index (κ3) is 5.47. The zero-order chi connectivity index (χ0) is 16.5. The number of ether oxygens (including phenoxy) is 3. The first kappa shape index (κ1) is 16.5. The number of esters is 1. The lowest BCUT2D eigenvalue weighted by Gasteiger charge is -2.07. The van der Waals surface area contributed by atoms with E-state index in [0.717, 1.165) is 11.3 Å². The van der Waals surface area contributed by atoms with Gasteiger partial charge in [-0.15, -0.1) is 0 Å². The number of hydrogen-bond acceptors (Lipinski definition) is 5. The molecule has 2 rings (SSSR count). The normalized spacial score (nSPS) is 9.96. The van der Waals surface area contributed by atoms with Gasteiger partial charge in [-0.1, -0.05) is 30.3 Å². The summed E-state index contributed by atoms with van der Waals surface area (Å²) in [6.45, 7) is 0.205. The molecule has 0 aromatic heterocycles. The Labute approximate surface area is 134 Å². The Bertz CT molecular complexity index is 634. The van der Waals surface area contributed by atoms with Gasteiger partial charge in [0, 0.05) is 0 Å². The molecule has 0 amide bonds. The van der Waals surface area contributed by atoms with Crippen LogP contribution < -0.4 is 9.47 Å². The molecule has 0 spiro atoms. The van der Waals surface area contributed by atoms with Crippen molar-refractivity contribution in [2.75, 3.05) is 13.7 Å². The lowest BCUT2D eigenvalue weighted by Crippen LogP contribution is -2.19. The summed E-state index contributed by atoms with van der Waals surface area (Å²) in [4.78, 5) is 23.3. The van der Waals surface area contributed by atoms with E-state index in [1.54, 1.807) is 31.4 Å². The SMILES string of the molecule is COc1ccc(OCCC(=O)C(=O)OCc2ccccc2)cc1. The molecule has 5 heteroatoms. The summed E-state index contributed by atoms with van der Waals surface area (Å²) in [6, 6.07) is 16.2. The molecule has 0 atom stereocenters. The molecule has 23 heavy (non-hydrogen) atoms. The monoisotopic (exact) mass is 314 g/mol. The number of Topliss-reactive ketones (excluding diaryl/α,β-unsaturated/α-hetero) is 1. The Morgan fingerprint density at radius 1 is 0.913 bits per heavy atom. The van der Waals surface area contributed by atoms with Crippen molar-refractivity contribution in [1.82, 2.24) is 0 Å². The van der Waals surface area contributed by atoms with Crippen molar-refractivity contribution in [3.8, 4) is 11.5 Å². The number of hydrogen-bond donors (Lipinski definition) is 0. The standard InChI is InChI=1S/C18H18O5/c1-21-15-7-9-16(10-8-15)22-12-11-17(19)18(20)23-13-14-5-3-2-4-6-14/h2-10H,11-13H2,1H3. The first-order chi connectivity index (χ1) is 11.2. The van der Waals surface area contributed by atoms with E-state index in [2.05, 4.69) is 0 Å². The van der Waals surface area contributed by atoms with E-state index in [1.807, 2.05) is 30.3 Å². The van der Waals surface area contributed by atoms with Crippen molar-refractivity contribution >= 4 is 11.8 Å². The predicted octanol–water partition coefficient (Wildman–Crippen LogP) is 2.78. The largest absolute Gasteiger partial charge is 0.497 e. The Morgan fingerprint density at radius 3 is 2.22 bits per heavy atom. The van der Waals surface area contributed by atoms with Crippen molar-refractivity contribution in [3.05, 3.63) is 60.2 Å². The van der Waals surface area contributed by atoms with Gasteiger partial charge in [-0.25, -0.2) is 4.79 Å². The highest BCUT2D eigenvalue weighted by molar-refractivity contribution is 6.33. The summed E-state index contributed by atoms with van der Waals surface area (Å²) >= 11 is 0. The topological polar surface area (TPSA) is 61.8 Å². The molecule has 0 saturated heterocycles. The van der Waals surface area contributed by atoms with Gasteiger partial charge < -0.3 is 14.2 Å². The quantitative estimate of drug-likeness (QED) is 0.554. The molecule has 0 aliphatic rings. The highest BCUT2D eigenvalue weighted by Crippen LogP contribution is 2.17. The minimum atomic E-state index is -0.841. The van der Waals surface area contributed by atoms with Crippen molar-refractivity contribution in [2.45, 2.75) is 13.0 Å². The molecule has 2 aromatic rings. The van der Waals surface area contributed by atoms with Crippen LogP contribution in [0, 0.1) is 0 Å². The van der Waals surface area contributed by atoms with E-state index < -0.39 is 11.8 Å². The second-order valence-electron chi connectivity index (χ2n) is 4.76. The first-order valence-corrected chi connectivity index (χ1v) is 7.20. The Hall–Kier alpha value is -2.82. The third-order valence-corrected chi connectivity index (χ3v) is 3.10. The maximum Gasteiger partial charge on any atom is 0.375 e. The summed E-state index contributed by atoms with van der Waals surface area (Å²) in [5.74, 6) is -0.115. The van der Waals surface area contributed by atoms with Crippen LogP contribution in [0.2, 0.25) is 0 Å². The predicted molar refractivity (Wildman–Crippen MR) is 84.4 cm³/mol. The molecule has 0 heterocycles. The van der Waals surface area contributed by atoms with Gasteiger partial charge >= 0.3 is 5.97 Å². The van der Waals surface area contributed by atoms with Crippen molar-refractivity contribution in [2.24, 2.45) is 0 Å². The number of carbonyl (C=O) groups is 2. The molecular weight excluding hydrogens is 296 g/mol. The van der Waals surface area contributed by atoms with Crippen LogP contribution in [0.25, 0.3) is 0 Å². The lowest BCUT2D eigenvalue weighted by atomic mass is 10.2. The number of benzene rings is 2. The average molecular weight is 314 g/mol. The highest BCUT2D eigenvalue weighted by Gasteiger charge is 2.15. The second-order valence-corrected chi connectivity index (χ2v) is 4.76. The van der Waals surface area contributed by atoms with Crippen LogP contribution in [0.1, 0.15) is 12.0 Å². The molecule has 0 unspecified atom stereocenters. The third-order valence-electron chi connectivity index (χ3n) is 3.10. The first-order valence-electron chi connectivity index (χ1n) is 7.20. The van der Waals surface area contributed by atoms with Crippen LogP contribution in [-0.4, -0.2) is 25.5 Å². The molecule has 2 aromatic carbocycles. The van der Waals surface area contributed by atoms with Gasteiger partial charge in [0.2, 0.25) is 5.78 Å². The summed E-state index contributed by atoms with van der Waals surface area (Å²) in [7, 11) is 1.58. The van der Waals surface area contributed by atoms with E-state index in [-0.39, 0.29) is 19.6 Å². The minimum Gasteiger partial charge on any atom is -0.497 e. The van der Waals surface area contributed by atoms with Gasteiger partial charge in [0.25, 0.3) is 0 Å². The van der Waals surface area contributed by atoms with Crippen LogP contribution in [0.3, 0.4) is 0 Å². The second kappa shape index (κ2) is 8.58. The summed E-state index contributed by atoms with van der Waals surface area (Å²) < 4.78 is 15.4. The number of methoxy groups -OCH3 is 1. The molecular formula is C18H18O5. The molecule has 120 valence electrons. The fourth-order valence-corrected chi connectivity index (χ4v) is 1.84. The number of rotatable bonds is 8. The minimum absolute atomic E-state index is 0.0281. The molecule has 5 nitrogen and oxygen atoms in total. The van der Waals surface area contributed by atoms with E-state index in [0.29, 0.717) is 5.75 Å². The van der Waals surface area contributed by atoms with Crippen LogP contribution in [0.4, 0.5) is 0 Å². The zero-order valence-corrected chi connectivity index (χ0v) is 12.9. The smallest absolute Gasteiger partial charge is 0.375 e. The maximum absolute atomic E-state index is 11.7. The van der Waals surface area contributed by atoms with E-state index in [9.17, 15) is 9.59 Å². The highest BCUT2D eigenvalue weighted by atomic mass is 16.5. The van der Waals surface area contributed by atoms with Gasteiger partial charge in [0.1, 0.15) is 18.1 Å². The van der Waals surface area contributed by atoms with Crippen molar-refractivity contribution < 1.29 is 23.8 Å². The van der Waals surface area contributed by atoms with Crippen molar-refractivity contribution in [3.63, 3.8) is 0 Å². The van der Waals surface area contributed by atoms with E-state index >= 15 is 0 Å². The van der Waals surface area contributed by atoms with Crippen LogP contribution in [0.5, 0.6) is 11.5 Å². The van der Waals surface area contributed by atoms with Gasteiger partial charge in [-0.05, 0) is 29.8 Å². The van der Waals surface area contributed by atoms with Gasteiger partial charge in [0.15, 0.2) is 0 Å². The van der Waals surface area contributed by atoms with Gasteiger partial charge in [-0.3, -0.25) is 4.79 Å². The summed E-state index contributed by atoms with van der Waals surface area (Å²) in [5, 5.41) is 0. The van der Waals surface area contributed by atoms with Crippen LogP contribution in [0.15, 0.2) is 54.6 Å². The number of carbonyl (C=O) groups excluding carboxylic acids is 2. The average Bonchev–Trinajstić information content (AvgIpc) is 2.61. The number of ketones is 1. The van der Waals surface area contributed by atoms with Crippen molar-refractivity contribution in [1.29, 1.82) is 0 Å². The Morgan fingerprint density at radius 2 is 1.57 bits per heavy atom. The van der Waals surface area contributed by atoms with Gasteiger partial charge in [-0.2, -0.15) is 0 Å². The van der Waals surface area contributed by atoms with Crippen LogP contribution in [-0.2, 0) is 20.9 Å². The van der Waals surface area contributed by atoms with E-state index in [4.69, 9.17) is 14.2 Å². The molecule has 0 radical (unpaired) electrons. The maximum atomic E-state index is 11.7. The molecule has 0 fully saturated rings. The van der Waals surface area contributed by atoms with Crippen LogP contribution >= 0.6 is 0 Å². The molecule has 0 bridgehead atoms. The molecule has 0 N–H and O–H groups in total. The Kier molecular flexibility index (Phi) is 6.17.